The number of ether oxygens (including phenoxy) is 2. The Bertz CT molecular complexity index is 341. The Morgan fingerprint density at radius 1 is 1.43 bits per heavy atom. The second-order valence-corrected chi connectivity index (χ2v) is 5.92. The van der Waals surface area contributed by atoms with Crippen LogP contribution in [0.2, 0.25) is 0 Å². The lowest BCUT2D eigenvalue weighted by atomic mass is 10.0. The van der Waals surface area contributed by atoms with Crippen LogP contribution in [-0.2, 0) is 19.1 Å². The fourth-order valence-corrected chi connectivity index (χ4v) is 2.44. The molecule has 1 heterocycles. The van der Waals surface area contributed by atoms with Crippen molar-refractivity contribution in [2.45, 2.75) is 64.6 Å². The topological polar surface area (TPSA) is 90.6 Å². The molecule has 0 bridgehead atoms. The summed E-state index contributed by atoms with van der Waals surface area (Å²) in [6, 6.07) is -1.29. The molecule has 0 aromatic heterocycles. The molecule has 1 saturated heterocycles. The quantitative estimate of drug-likeness (QED) is 0.652. The normalized spacial score (nSPS) is 21.1. The van der Waals surface area contributed by atoms with E-state index in [2.05, 4.69) is 5.32 Å². The Hall–Kier alpha value is -1.14. The molecule has 0 aromatic rings. The van der Waals surface area contributed by atoms with Gasteiger partial charge in [0.1, 0.15) is 6.04 Å². The number of nitrogens with one attached hydrogen (secondary N) is 1. The van der Waals surface area contributed by atoms with Gasteiger partial charge in [0, 0.05) is 13.0 Å². The summed E-state index contributed by atoms with van der Waals surface area (Å²) in [5, 5.41) is 2.72. The molecular formula is C15H28N2O4. The van der Waals surface area contributed by atoms with Gasteiger partial charge in [0.05, 0.1) is 18.8 Å². The number of carbonyl (C=O) groups excluding carboxylic acids is 2. The molecular weight excluding hydrogens is 272 g/mol. The van der Waals surface area contributed by atoms with Crippen molar-refractivity contribution in [2.24, 2.45) is 11.7 Å². The van der Waals surface area contributed by atoms with Crippen LogP contribution in [0.3, 0.4) is 0 Å². The van der Waals surface area contributed by atoms with Gasteiger partial charge in [0.2, 0.25) is 5.91 Å². The van der Waals surface area contributed by atoms with E-state index < -0.39 is 18.1 Å². The van der Waals surface area contributed by atoms with Crippen LogP contribution in [0.4, 0.5) is 0 Å². The molecule has 0 aromatic carbocycles. The first kappa shape index (κ1) is 17.9. The Kier molecular flexibility index (Phi) is 7.67. The van der Waals surface area contributed by atoms with E-state index in [1.165, 1.54) is 0 Å². The number of hydrogen-bond donors (Lipinski definition) is 2. The lowest BCUT2D eigenvalue weighted by molar-refractivity contribution is -0.148. The summed E-state index contributed by atoms with van der Waals surface area (Å²) in [6.07, 6.45) is 2.92. The number of hydrogen-bond acceptors (Lipinski definition) is 5. The van der Waals surface area contributed by atoms with Crippen LogP contribution in [0.25, 0.3) is 0 Å². The average Bonchev–Trinajstić information content (AvgIpc) is 2.90. The maximum absolute atomic E-state index is 12.1. The number of rotatable bonds is 8. The van der Waals surface area contributed by atoms with E-state index in [0.717, 1.165) is 12.8 Å². The van der Waals surface area contributed by atoms with Gasteiger partial charge in [-0.05, 0) is 32.1 Å². The minimum atomic E-state index is -0.682. The van der Waals surface area contributed by atoms with E-state index in [1.807, 2.05) is 13.8 Å². The van der Waals surface area contributed by atoms with Crippen LogP contribution in [-0.4, -0.2) is 43.3 Å². The zero-order valence-corrected chi connectivity index (χ0v) is 13.3. The minimum Gasteiger partial charge on any atom is -0.464 e. The van der Waals surface area contributed by atoms with E-state index in [-0.39, 0.29) is 18.6 Å². The molecule has 0 radical (unpaired) electrons. The maximum Gasteiger partial charge on any atom is 0.328 e. The Morgan fingerprint density at radius 3 is 2.67 bits per heavy atom. The van der Waals surface area contributed by atoms with Gasteiger partial charge < -0.3 is 20.5 Å². The lowest BCUT2D eigenvalue weighted by Crippen LogP contribution is -2.50. The van der Waals surface area contributed by atoms with Gasteiger partial charge in [0.25, 0.3) is 0 Å². The fraction of sp³-hybridized carbons (Fsp3) is 0.867. The van der Waals surface area contributed by atoms with E-state index >= 15 is 0 Å². The van der Waals surface area contributed by atoms with Gasteiger partial charge >= 0.3 is 5.97 Å². The highest BCUT2D eigenvalue weighted by atomic mass is 16.5. The number of esters is 1. The average molecular weight is 300 g/mol. The molecule has 1 rings (SSSR count). The predicted octanol–water partition coefficient (Wildman–Crippen LogP) is 0.977. The Labute approximate surface area is 126 Å². The van der Waals surface area contributed by atoms with Crippen molar-refractivity contribution in [2.75, 3.05) is 13.2 Å². The van der Waals surface area contributed by atoms with Gasteiger partial charge in [-0.15, -0.1) is 0 Å². The molecule has 0 aliphatic carbocycles. The van der Waals surface area contributed by atoms with Gasteiger partial charge in [-0.25, -0.2) is 4.79 Å². The summed E-state index contributed by atoms with van der Waals surface area (Å²) in [5.41, 5.74) is 5.85. The zero-order valence-electron chi connectivity index (χ0n) is 13.3. The molecule has 6 nitrogen and oxygen atoms in total. The molecule has 21 heavy (non-hydrogen) atoms. The Morgan fingerprint density at radius 2 is 2.14 bits per heavy atom. The molecule has 1 aliphatic rings. The predicted molar refractivity (Wildman–Crippen MR) is 79.6 cm³/mol. The zero-order chi connectivity index (χ0) is 15.8. The van der Waals surface area contributed by atoms with Crippen LogP contribution in [0.15, 0.2) is 0 Å². The molecule has 122 valence electrons. The van der Waals surface area contributed by atoms with Gasteiger partial charge in [-0.1, -0.05) is 13.8 Å². The van der Waals surface area contributed by atoms with Crippen molar-refractivity contribution in [1.29, 1.82) is 0 Å². The van der Waals surface area contributed by atoms with Crippen LogP contribution in [0, 0.1) is 5.92 Å². The summed E-state index contributed by atoms with van der Waals surface area (Å²) in [4.78, 5) is 24.1. The third-order valence-corrected chi connectivity index (χ3v) is 3.47. The summed E-state index contributed by atoms with van der Waals surface area (Å²) in [5.74, 6) is -0.400. The minimum absolute atomic E-state index is 0.000953. The number of amides is 1. The van der Waals surface area contributed by atoms with Crippen molar-refractivity contribution < 1.29 is 19.1 Å². The number of nitrogens with two attached hydrogens (primary N) is 1. The first-order valence-corrected chi connectivity index (χ1v) is 7.78. The highest BCUT2D eigenvalue weighted by Crippen LogP contribution is 2.17. The SMILES string of the molecule is CCOC(=O)[C@H](CC1CCCO1)NC(=O)[C@@H](N)CC(C)C. The molecule has 1 unspecified atom stereocenters. The first-order valence-electron chi connectivity index (χ1n) is 7.78. The molecule has 3 atom stereocenters. The highest BCUT2D eigenvalue weighted by Gasteiger charge is 2.29. The van der Waals surface area contributed by atoms with Crippen molar-refractivity contribution in [3.63, 3.8) is 0 Å². The van der Waals surface area contributed by atoms with Gasteiger partial charge in [0.15, 0.2) is 0 Å². The summed E-state index contributed by atoms with van der Waals surface area (Å²) in [6.45, 7) is 6.74. The van der Waals surface area contributed by atoms with Gasteiger partial charge in [-0.2, -0.15) is 0 Å². The molecule has 0 spiro atoms. The fourth-order valence-electron chi connectivity index (χ4n) is 2.44. The first-order chi connectivity index (χ1) is 9.93. The molecule has 6 heteroatoms. The van der Waals surface area contributed by atoms with Crippen molar-refractivity contribution in [1.82, 2.24) is 5.32 Å². The smallest absolute Gasteiger partial charge is 0.328 e. The molecule has 0 saturated carbocycles. The summed E-state index contributed by atoms with van der Waals surface area (Å²) >= 11 is 0. The molecule has 1 aliphatic heterocycles. The van der Waals surface area contributed by atoms with Crippen molar-refractivity contribution in [3.8, 4) is 0 Å². The monoisotopic (exact) mass is 300 g/mol. The molecule has 3 N–H and O–H groups in total. The number of carbonyl (C=O) groups is 2. The lowest BCUT2D eigenvalue weighted by Gasteiger charge is -2.22. The van der Waals surface area contributed by atoms with Crippen molar-refractivity contribution in [3.05, 3.63) is 0 Å². The van der Waals surface area contributed by atoms with E-state index in [9.17, 15) is 9.59 Å². The molecule has 1 amide bonds. The third kappa shape index (κ3) is 6.44. The largest absolute Gasteiger partial charge is 0.464 e. The van der Waals surface area contributed by atoms with E-state index in [4.69, 9.17) is 15.2 Å². The van der Waals surface area contributed by atoms with Crippen LogP contribution < -0.4 is 11.1 Å². The summed E-state index contributed by atoms with van der Waals surface area (Å²) < 4.78 is 10.6. The second kappa shape index (κ2) is 9.00. The maximum atomic E-state index is 12.1. The van der Waals surface area contributed by atoms with Gasteiger partial charge in [-0.3, -0.25) is 4.79 Å². The third-order valence-electron chi connectivity index (χ3n) is 3.47. The highest BCUT2D eigenvalue weighted by molar-refractivity contribution is 5.87. The Balaban J connectivity index is 2.58. The van der Waals surface area contributed by atoms with Crippen LogP contribution >= 0.6 is 0 Å². The van der Waals surface area contributed by atoms with E-state index in [0.29, 0.717) is 25.4 Å². The summed E-state index contributed by atoms with van der Waals surface area (Å²) in [7, 11) is 0. The van der Waals surface area contributed by atoms with Crippen molar-refractivity contribution >= 4 is 11.9 Å². The standard InChI is InChI=1S/C15H28N2O4/c1-4-20-15(19)13(9-11-6-5-7-21-11)17-14(18)12(16)8-10(2)3/h10-13H,4-9,16H2,1-3H3,(H,17,18)/t11?,12-,13-/m0/s1. The van der Waals surface area contributed by atoms with Crippen LogP contribution in [0.5, 0.6) is 0 Å². The second-order valence-electron chi connectivity index (χ2n) is 5.92. The van der Waals surface area contributed by atoms with E-state index in [1.54, 1.807) is 6.92 Å². The van der Waals surface area contributed by atoms with Crippen LogP contribution in [0.1, 0.15) is 46.5 Å². The molecule has 1 fully saturated rings.